The average Bonchev–Trinajstić information content (AvgIpc) is 2.42. The first-order chi connectivity index (χ1) is 9.88. The quantitative estimate of drug-likeness (QED) is 0.848. The van der Waals surface area contributed by atoms with Gasteiger partial charge in [-0.05, 0) is 42.3 Å². The number of hydrogen-bond donors (Lipinski definition) is 2. The summed E-state index contributed by atoms with van der Waals surface area (Å²) in [5, 5.41) is 4.86. The molecule has 2 aromatic carbocycles. The summed E-state index contributed by atoms with van der Waals surface area (Å²) in [6, 6.07) is 8.49. The number of halogens is 3. The van der Waals surface area contributed by atoms with Crippen molar-refractivity contribution in [1.82, 2.24) is 0 Å². The monoisotopic (exact) mass is 342 g/mol. The van der Waals surface area contributed by atoms with Crippen molar-refractivity contribution in [3.05, 3.63) is 62.1 Å². The standard InChI is InChI=1S/C15H13Cl3N2O/c1-8-4-13(18)14(6-11(8)16)20-7-10-3-2-9(15(19)21)5-12(10)17/h2-6,20H,7H2,1H3,(H2,19,21). The van der Waals surface area contributed by atoms with Gasteiger partial charge in [-0.25, -0.2) is 0 Å². The Balaban J connectivity index is 2.17. The highest BCUT2D eigenvalue weighted by Crippen LogP contribution is 2.29. The number of amides is 1. The molecular weight excluding hydrogens is 331 g/mol. The topological polar surface area (TPSA) is 55.1 Å². The Morgan fingerprint density at radius 1 is 1.10 bits per heavy atom. The summed E-state index contributed by atoms with van der Waals surface area (Å²) < 4.78 is 0. The summed E-state index contributed by atoms with van der Waals surface area (Å²) in [6.07, 6.45) is 0. The number of carbonyl (C=O) groups excluding carboxylic acids is 1. The van der Waals surface area contributed by atoms with E-state index in [1.807, 2.05) is 6.92 Å². The van der Waals surface area contributed by atoms with E-state index in [1.54, 1.807) is 30.3 Å². The molecule has 1 amide bonds. The number of nitrogens with two attached hydrogens (primary N) is 1. The predicted molar refractivity (Wildman–Crippen MR) is 88.5 cm³/mol. The van der Waals surface area contributed by atoms with Gasteiger partial charge in [0, 0.05) is 22.2 Å². The van der Waals surface area contributed by atoms with Crippen LogP contribution in [0.25, 0.3) is 0 Å². The molecule has 0 bridgehead atoms. The molecule has 0 aliphatic heterocycles. The fourth-order valence-corrected chi connectivity index (χ4v) is 2.51. The normalized spacial score (nSPS) is 10.5. The maximum atomic E-state index is 11.1. The second-order valence-corrected chi connectivity index (χ2v) is 5.83. The molecule has 0 saturated carbocycles. The second kappa shape index (κ2) is 6.56. The van der Waals surface area contributed by atoms with Crippen LogP contribution in [0.4, 0.5) is 5.69 Å². The van der Waals surface area contributed by atoms with Gasteiger partial charge >= 0.3 is 0 Å². The van der Waals surface area contributed by atoms with Crippen LogP contribution in [0, 0.1) is 6.92 Å². The van der Waals surface area contributed by atoms with Crippen LogP contribution in [0.2, 0.25) is 15.1 Å². The van der Waals surface area contributed by atoms with Crippen LogP contribution in [0.15, 0.2) is 30.3 Å². The molecule has 0 heterocycles. The van der Waals surface area contributed by atoms with Crippen molar-refractivity contribution in [3.8, 4) is 0 Å². The van der Waals surface area contributed by atoms with E-state index in [2.05, 4.69) is 5.32 Å². The zero-order valence-corrected chi connectivity index (χ0v) is 13.5. The summed E-state index contributed by atoms with van der Waals surface area (Å²) in [4.78, 5) is 11.1. The van der Waals surface area contributed by atoms with E-state index >= 15 is 0 Å². The number of hydrogen-bond acceptors (Lipinski definition) is 2. The Morgan fingerprint density at radius 3 is 2.43 bits per heavy atom. The Hall–Kier alpha value is -1.42. The van der Waals surface area contributed by atoms with E-state index < -0.39 is 5.91 Å². The number of nitrogens with one attached hydrogen (secondary N) is 1. The van der Waals surface area contributed by atoms with Crippen LogP contribution in [0.5, 0.6) is 0 Å². The number of carbonyl (C=O) groups is 1. The van der Waals surface area contributed by atoms with E-state index in [4.69, 9.17) is 40.5 Å². The molecule has 0 aliphatic rings. The van der Waals surface area contributed by atoms with Gasteiger partial charge < -0.3 is 11.1 Å². The zero-order chi connectivity index (χ0) is 15.6. The van der Waals surface area contributed by atoms with E-state index in [0.29, 0.717) is 27.2 Å². The van der Waals surface area contributed by atoms with E-state index in [1.165, 1.54) is 0 Å². The van der Waals surface area contributed by atoms with Gasteiger partial charge in [-0.15, -0.1) is 0 Å². The Labute approximate surface area is 138 Å². The lowest BCUT2D eigenvalue weighted by atomic mass is 10.1. The van der Waals surface area contributed by atoms with Crippen LogP contribution < -0.4 is 11.1 Å². The van der Waals surface area contributed by atoms with E-state index in [9.17, 15) is 4.79 Å². The van der Waals surface area contributed by atoms with Crippen molar-refractivity contribution in [1.29, 1.82) is 0 Å². The van der Waals surface area contributed by atoms with Gasteiger partial charge in [-0.2, -0.15) is 0 Å². The number of aryl methyl sites for hydroxylation is 1. The number of benzene rings is 2. The lowest BCUT2D eigenvalue weighted by Crippen LogP contribution is -2.11. The Bertz CT molecular complexity index is 702. The lowest BCUT2D eigenvalue weighted by molar-refractivity contribution is 0.100. The summed E-state index contributed by atoms with van der Waals surface area (Å²) in [5.41, 5.74) is 8.04. The minimum atomic E-state index is -0.509. The number of anilines is 1. The molecular formula is C15H13Cl3N2O. The fraction of sp³-hybridized carbons (Fsp3) is 0.133. The molecule has 3 N–H and O–H groups in total. The summed E-state index contributed by atoms with van der Waals surface area (Å²) >= 11 is 18.4. The van der Waals surface area contributed by atoms with Crippen LogP contribution in [0.1, 0.15) is 21.5 Å². The molecule has 0 fully saturated rings. The van der Waals surface area contributed by atoms with Crippen molar-refractivity contribution in [3.63, 3.8) is 0 Å². The van der Waals surface area contributed by atoms with Gasteiger partial charge in [0.15, 0.2) is 0 Å². The van der Waals surface area contributed by atoms with Crippen molar-refractivity contribution >= 4 is 46.4 Å². The number of rotatable bonds is 4. The molecule has 0 spiro atoms. The van der Waals surface area contributed by atoms with Crippen LogP contribution in [0.3, 0.4) is 0 Å². The molecule has 0 saturated heterocycles. The minimum absolute atomic E-state index is 0.375. The molecule has 0 aromatic heterocycles. The molecule has 110 valence electrons. The average molecular weight is 344 g/mol. The second-order valence-electron chi connectivity index (χ2n) is 4.61. The molecule has 21 heavy (non-hydrogen) atoms. The molecule has 6 heteroatoms. The lowest BCUT2D eigenvalue weighted by Gasteiger charge is -2.12. The summed E-state index contributed by atoms with van der Waals surface area (Å²) in [7, 11) is 0. The number of primary amides is 1. The molecule has 0 unspecified atom stereocenters. The summed E-state index contributed by atoms with van der Waals surface area (Å²) in [6.45, 7) is 2.34. The van der Waals surface area contributed by atoms with Gasteiger partial charge in [0.2, 0.25) is 5.91 Å². The summed E-state index contributed by atoms with van der Waals surface area (Å²) in [5.74, 6) is -0.509. The maximum absolute atomic E-state index is 11.1. The third-order valence-electron chi connectivity index (χ3n) is 3.06. The van der Waals surface area contributed by atoms with Gasteiger partial charge in [0.05, 0.1) is 10.7 Å². The SMILES string of the molecule is Cc1cc(Cl)c(NCc2ccc(C(N)=O)cc2Cl)cc1Cl. The van der Waals surface area contributed by atoms with Crippen LogP contribution in [-0.4, -0.2) is 5.91 Å². The van der Waals surface area contributed by atoms with E-state index in [-0.39, 0.29) is 0 Å². The van der Waals surface area contributed by atoms with Crippen molar-refractivity contribution < 1.29 is 4.79 Å². The maximum Gasteiger partial charge on any atom is 0.248 e. The van der Waals surface area contributed by atoms with Crippen molar-refractivity contribution in [2.75, 3.05) is 5.32 Å². The molecule has 3 nitrogen and oxygen atoms in total. The first-order valence-electron chi connectivity index (χ1n) is 6.16. The molecule has 2 rings (SSSR count). The highest BCUT2D eigenvalue weighted by atomic mass is 35.5. The highest BCUT2D eigenvalue weighted by molar-refractivity contribution is 6.35. The van der Waals surface area contributed by atoms with Crippen LogP contribution >= 0.6 is 34.8 Å². The first kappa shape index (κ1) is 16.0. The smallest absolute Gasteiger partial charge is 0.248 e. The van der Waals surface area contributed by atoms with E-state index in [0.717, 1.165) is 16.8 Å². The fourth-order valence-electron chi connectivity index (χ4n) is 1.82. The highest BCUT2D eigenvalue weighted by Gasteiger charge is 2.08. The molecule has 0 atom stereocenters. The first-order valence-corrected chi connectivity index (χ1v) is 7.29. The van der Waals surface area contributed by atoms with Gasteiger partial charge in [0.25, 0.3) is 0 Å². The van der Waals surface area contributed by atoms with Gasteiger partial charge in [0.1, 0.15) is 0 Å². The third kappa shape index (κ3) is 3.82. The van der Waals surface area contributed by atoms with Gasteiger partial charge in [-0.3, -0.25) is 4.79 Å². The van der Waals surface area contributed by atoms with Crippen molar-refractivity contribution in [2.24, 2.45) is 5.73 Å². The van der Waals surface area contributed by atoms with Crippen molar-refractivity contribution in [2.45, 2.75) is 13.5 Å². The molecule has 0 aliphatic carbocycles. The molecule has 2 aromatic rings. The predicted octanol–water partition coefficient (Wildman–Crippen LogP) is 4.67. The largest absolute Gasteiger partial charge is 0.380 e. The van der Waals surface area contributed by atoms with Crippen LogP contribution in [-0.2, 0) is 6.54 Å². The Morgan fingerprint density at radius 2 is 1.81 bits per heavy atom. The zero-order valence-electron chi connectivity index (χ0n) is 11.2. The minimum Gasteiger partial charge on any atom is -0.380 e. The molecule has 0 radical (unpaired) electrons. The van der Waals surface area contributed by atoms with Gasteiger partial charge in [-0.1, -0.05) is 40.9 Å². The Kier molecular flexibility index (Phi) is 4.99. The third-order valence-corrected chi connectivity index (χ3v) is 4.13.